The summed E-state index contributed by atoms with van der Waals surface area (Å²) in [5.41, 5.74) is 0. The van der Waals surface area contributed by atoms with Crippen LogP contribution in [-0.4, -0.2) is 57.7 Å². The van der Waals surface area contributed by atoms with Crippen molar-refractivity contribution >= 4 is 10.4 Å². The molecule has 0 spiro atoms. The molecule has 0 aliphatic rings. The molecular formula is C14H35NO8S. The Kier molecular flexibility index (Phi) is 22.5. The minimum absolute atomic E-state index is 0.372. The standard InChI is InChI=1S/C12H26O.C2H7NO3.H2O4S/c1-2-3-4-5-6-7-8-9-10-11-12-13;1-3-2(4,5)6;1-5(2,3)4/h13H,2-12H2,1H3;3-6H,1H3;(H2,1,2,3,4). The van der Waals surface area contributed by atoms with Crippen LogP contribution in [0.2, 0.25) is 0 Å². The van der Waals surface area contributed by atoms with Crippen LogP contribution in [0.1, 0.15) is 71.1 Å². The van der Waals surface area contributed by atoms with Crippen LogP contribution in [0, 0.1) is 0 Å². The van der Waals surface area contributed by atoms with Gasteiger partial charge in [-0.3, -0.25) is 9.11 Å². The number of hydrogen-bond acceptors (Lipinski definition) is 7. The van der Waals surface area contributed by atoms with Gasteiger partial charge in [0.15, 0.2) is 0 Å². The van der Waals surface area contributed by atoms with Crippen molar-refractivity contribution in [2.24, 2.45) is 0 Å². The fraction of sp³-hybridized carbons (Fsp3) is 1.00. The van der Waals surface area contributed by atoms with E-state index >= 15 is 0 Å². The molecule has 0 heterocycles. The summed E-state index contributed by atoms with van der Waals surface area (Å²) in [6.07, 6.45) is 10.6. The van der Waals surface area contributed by atoms with Gasteiger partial charge in [-0.25, -0.2) is 5.32 Å². The van der Waals surface area contributed by atoms with Gasteiger partial charge in [-0.05, 0) is 13.5 Å². The molecule has 0 aromatic carbocycles. The van der Waals surface area contributed by atoms with E-state index in [1.165, 1.54) is 64.8 Å². The number of aliphatic hydroxyl groups excluding tert-OH is 1. The van der Waals surface area contributed by atoms with Crippen molar-refractivity contribution in [1.29, 1.82) is 0 Å². The minimum atomic E-state index is -4.67. The topological polar surface area (TPSA) is 168 Å². The number of rotatable bonds is 11. The fourth-order valence-electron chi connectivity index (χ4n) is 1.60. The van der Waals surface area contributed by atoms with Crippen LogP contribution in [-0.2, 0) is 10.4 Å². The second-order valence-electron chi connectivity index (χ2n) is 5.24. The highest BCUT2D eigenvalue weighted by molar-refractivity contribution is 7.79. The largest absolute Gasteiger partial charge is 0.396 e. The van der Waals surface area contributed by atoms with E-state index < -0.39 is 16.5 Å². The Labute approximate surface area is 145 Å². The Balaban J connectivity index is -0.000000332. The van der Waals surface area contributed by atoms with Gasteiger partial charge in [-0.15, -0.1) is 0 Å². The molecule has 0 aromatic rings. The zero-order valence-electron chi connectivity index (χ0n) is 14.7. The molecule has 0 saturated carbocycles. The predicted octanol–water partition coefficient (Wildman–Crippen LogP) is 1.04. The van der Waals surface area contributed by atoms with Gasteiger partial charge in [0.25, 0.3) is 0 Å². The molecule has 10 heteroatoms. The average molecular weight is 378 g/mol. The molecule has 0 fully saturated rings. The third kappa shape index (κ3) is 57.7. The number of hydrogen-bond donors (Lipinski definition) is 7. The maximum Gasteiger partial charge on any atom is 0.394 e. The first kappa shape index (κ1) is 28.5. The van der Waals surface area contributed by atoms with Crippen LogP contribution < -0.4 is 5.32 Å². The van der Waals surface area contributed by atoms with Gasteiger partial charge >= 0.3 is 16.5 Å². The van der Waals surface area contributed by atoms with Crippen molar-refractivity contribution in [3.05, 3.63) is 0 Å². The van der Waals surface area contributed by atoms with Gasteiger partial charge in [0.05, 0.1) is 0 Å². The zero-order chi connectivity index (χ0) is 19.5. The Hall–Kier alpha value is -0.330. The third-order valence-corrected chi connectivity index (χ3v) is 2.85. The summed E-state index contributed by atoms with van der Waals surface area (Å²) >= 11 is 0. The maximum absolute atomic E-state index is 8.74. The molecule has 24 heavy (non-hydrogen) atoms. The van der Waals surface area contributed by atoms with Gasteiger partial charge in [0, 0.05) is 6.61 Å². The molecule has 0 aromatic heterocycles. The quantitative estimate of drug-likeness (QED) is 0.158. The van der Waals surface area contributed by atoms with Crippen molar-refractivity contribution in [3.8, 4) is 0 Å². The van der Waals surface area contributed by atoms with Gasteiger partial charge in [-0.1, -0.05) is 64.7 Å². The Bertz CT molecular complexity index is 312. The normalized spacial score (nSPS) is 11.2. The van der Waals surface area contributed by atoms with Gasteiger partial charge < -0.3 is 20.4 Å². The van der Waals surface area contributed by atoms with Gasteiger partial charge in [0.1, 0.15) is 0 Å². The van der Waals surface area contributed by atoms with Crippen LogP contribution in [0.3, 0.4) is 0 Å². The van der Waals surface area contributed by atoms with E-state index in [2.05, 4.69) is 6.92 Å². The lowest BCUT2D eigenvalue weighted by atomic mass is 10.1. The van der Waals surface area contributed by atoms with E-state index in [1.807, 2.05) is 0 Å². The summed E-state index contributed by atoms with van der Waals surface area (Å²) in [5, 5.41) is 33.8. The van der Waals surface area contributed by atoms with Crippen LogP contribution in [0.5, 0.6) is 0 Å². The highest BCUT2D eigenvalue weighted by atomic mass is 32.3. The molecule has 0 aliphatic heterocycles. The second kappa shape index (κ2) is 19.0. The molecule has 0 amide bonds. The van der Waals surface area contributed by atoms with Crippen LogP contribution in [0.15, 0.2) is 0 Å². The Morgan fingerprint density at radius 1 is 0.792 bits per heavy atom. The summed E-state index contributed by atoms with van der Waals surface area (Å²) in [6.45, 7) is 2.63. The van der Waals surface area contributed by atoms with Crippen molar-refractivity contribution in [2.45, 2.75) is 77.2 Å². The Morgan fingerprint density at radius 3 is 1.25 bits per heavy atom. The number of nitrogens with one attached hydrogen (secondary N) is 1. The van der Waals surface area contributed by atoms with Gasteiger partial charge in [0.2, 0.25) is 0 Å². The summed E-state index contributed by atoms with van der Waals surface area (Å²) in [5.74, 6) is 0. The molecule has 0 aliphatic carbocycles. The highest BCUT2D eigenvalue weighted by Gasteiger charge is 2.11. The monoisotopic (exact) mass is 377 g/mol. The summed E-state index contributed by atoms with van der Waals surface area (Å²) in [4.78, 5) is 0. The lowest BCUT2D eigenvalue weighted by Gasteiger charge is -2.09. The van der Waals surface area contributed by atoms with Crippen molar-refractivity contribution in [3.63, 3.8) is 0 Å². The van der Waals surface area contributed by atoms with E-state index in [0.29, 0.717) is 6.61 Å². The maximum atomic E-state index is 8.74. The van der Waals surface area contributed by atoms with Gasteiger partial charge in [-0.2, -0.15) is 8.42 Å². The first-order chi connectivity index (χ1) is 11.0. The van der Waals surface area contributed by atoms with E-state index in [1.54, 1.807) is 5.32 Å². The SMILES string of the molecule is CCCCCCCCCCCCO.CNC(O)(O)O.O=S(=O)(O)O. The Morgan fingerprint density at radius 2 is 1.04 bits per heavy atom. The highest BCUT2D eigenvalue weighted by Crippen LogP contribution is 2.09. The molecule has 7 N–H and O–H groups in total. The van der Waals surface area contributed by atoms with Crippen molar-refractivity contribution < 1.29 is 37.9 Å². The molecule has 0 rings (SSSR count). The fourth-order valence-corrected chi connectivity index (χ4v) is 1.60. The summed E-state index contributed by atoms with van der Waals surface area (Å²) < 4.78 is 31.6. The van der Waals surface area contributed by atoms with E-state index in [4.69, 9.17) is 37.9 Å². The number of unbranched alkanes of at least 4 members (excludes halogenated alkanes) is 9. The molecule has 9 nitrogen and oxygen atoms in total. The second-order valence-corrected chi connectivity index (χ2v) is 6.13. The number of aliphatic hydroxyl groups is 4. The molecule has 0 bridgehead atoms. The lowest BCUT2D eigenvalue weighted by molar-refractivity contribution is -0.328. The van der Waals surface area contributed by atoms with Crippen LogP contribution in [0.4, 0.5) is 0 Å². The lowest BCUT2D eigenvalue weighted by Crippen LogP contribution is -2.41. The van der Waals surface area contributed by atoms with Crippen LogP contribution >= 0.6 is 0 Å². The van der Waals surface area contributed by atoms with Crippen molar-refractivity contribution in [1.82, 2.24) is 5.32 Å². The van der Waals surface area contributed by atoms with Crippen molar-refractivity contribution in [2.75, 3.05) is 13.7 Å². The molecule has 0 atom stereocenters. The first-order valence-corrected chi connectivity index (χ1v) is 9.54. The average Bonchev–Trinajstić information content (AvgIpc) is 2.44. The minimum Gasteiger partial charge on any atom is -0.396 e. The smallest absolute Gasteiger partial charge is 0.394 e. The summed E-state index contributed by atoms with van der Waals surface area (Å²) in [7, 11) is -3.46. The molecule has 150 valence electrons. The molecular weight excluding hydrogens is 342 g/mol. The molecule has 0 radical (unpaired) electrons. The van der Waals surface area contributed by atoms with E-state index in [-0.39, 0.29) is 0 Å². The summed E-state index contributed by atoms with van der Waals surface area (Å²) in [6, 6.07) is 0. The van der Waals surface area contributed by atoms with Crippen LogP contribution in [0.25, 0.3) is 0 Å². The first-order valence-electron chi connectivity index (χ1n) is 8.14. The predicted molar refractivity (Wildman–Crippen MR) is 91.6 cm³/mol. The molecule has 0 unspecified atom stereocenters. The van der Waals surface area contributed by atoms with E-state index in [0.717, 1.165) is 6.42 Å². The van der Waals surface area contributed by atoms with E-state index in [9.17, 15) is 0 Å². The zero-order valence-corrected chi connectivity index (χ0v) is 15.5. The molecule has 0 saturated heterocycles. The third-order valence-electron chi connectivity index (χ3n) is 2.85.